The molecule has 4 nitrogen and oxygen atoms in total. The zero-order chi connectivity index (χ0) is 17.5. The van der Waals surface area contributed by atoms with E-state index < -0.39 is 0 Å². The van der Waals surface area contributed by atoms with E-state index in [1.165, 1.54) is 19.3 Å². The lowest BCUT2D eigenvalue weighted by Crippen LogP contribution is -2.44. The van der Waals surface area contributed by atoms with E-state index in [4.69, 9.17) is 0 Å². The first-order valence-electron chi connectivity index (χ1n) is 8.59. The average Bonchev–Trinajstić information content (AvgIpc) is 2.62. The van der Waals surface area contributed by atoms with Gasteiger partial charge in [0.05, 0.1) is 18.2 Å². The topological polar surface area (TPSA) is 33.5 Å². The number of hydrogen-bond acceptors (Lipinski definition) is 4. The van der Waals surface area contributed by atoms with Crippen molar-refractivity contribution in [3.05, 3.63) is 54.3 Å². The molecule has 0 aromatic heterocycles. The van der Waals surface area contributed by atoms with Gasteiger partial charge in [-0.1, -0.05) is 25.1 Å². The van der Waals surface area contributed by atoms with E-state index in [-0.39, 0.29) is 0 Å². The van der Waals surface area contributed by atoms with Crippen LogP contribution in [0.1, 0.15) is 30.4 Å². The highest BCUT2D eigenvalue weighted by Crippen LogP contribution is 2.23. The van der Waals surface area contributed by atoms with Gasteiger partial charge in [-0.15, -0.1) is 6.58 Å². The largest absolute Gasteiger partial charge is 0.362 e. The molecule has 0 atom stereocenters. The summed E-state index contributed by atoms with van der Waals surface area (Å²) in [6.45, 7) is 13.9. The maximum Gasteiger partial charge on any atom is 0.0992 e. The molecule has 0 unspecified atom stereocenters. The van der Waals surface area contributed by atoms with Crippen LogP contribution in [-0.4, -0.2) is 43.2 Å². The number of nitrogens with zero attached hydrogens (tertiary/aromatic N) is 4. The maximum atomic E-state index is 9.18. The highest BCUT2D eigenvalue weighted by atomic mass is 15.6. The first-order valence-corrected chi connectivity index (χ1v) is 8.59. The molecule has 24 heavy (non-hydrogen) atoms. The van der Waals surface area contributed by atoms with Crippen LogP contribution in [0.5, 0.6) is 0 Å². The van der Waals surface area contributed by atoms with Crippen LogP contribution >= 0.6 is 0 Å². The van der Waals surface area contributed by atoms with Crippen molar-refractivity contribution < 1.29 is 0 Å². The summed E-state index contributed by atoms with van der Waals surface area (Å²) in [7, 11) is 2.10. The van der Waals surface area contributed by atoms with E-state index in [2.05, 4.69) is 48.1 Å². The van der Waals surface area contributed by atoms with Gasteiger partial charge in [-0.3, -0.25) is 0 Å². The molecule has 1 aliphatic heterocycles. The molecule has 1 aromatic rings. The number of piperidine rings is 1. The molecule has 0 spiro atoms. The van der Waals surface area contributed by atoms with Gasteiger partial charge in [0.2, 0.25) is 0 Å². The number of rotatable bonds is 7. The van der Waals surface area contributed by atoms with Crippen molar-refractivity contribution in [3.63, 3.8) is 0 Å². The normalized spacial score (nSPS) is 14.7. The van der Waals surface area contributed by atoms with Gasteiger partial charge in [0.1, 0.15) is 0 Å². The fourth-order valence-corrected chi connectivity index (χ4v) is 3.12. The fourth-order valence-electron chi connectivity index (χ4n) is 3.12. The second kappa shape index (κ2) is 8.56. The molecule has 0 amide bonds. The van der Waals surface area contributed by atoms with E-state index in [0.717, 1.165) is 43.1 Å². The number of anilines is 1. The molecule has 0 saturated carbocycles. The Morgan fingerprint density at radius 3 is 2.67 bits per heavy atom. The molecule has 1 aliphatic rings. The second-order valence-electron chi connectivity index (χ2n) is 6.39. The third-order valence-corrected chi connectivity index (χ3v) is 4.62. The van der Waals surface area contributed by atoms with Crippen molar-refractivity contribution in [2.45, 2.75) is 26.2 Å². The molecular formula is C20H28N4. The van der Waals surface area contributed by atoms with Gasteiger partial charge in [0.15, 0.2) is 0 Å². The predicted molar refractivity (Wildman–Crippen MR) is 101 cm³/mol. The number of benzene rings is 1. The van der Waals surface area contributed by atoms with Crippen molar-refractivity contribution in [1.82, 2.24) is 10.0 Å². The molecular weight excluding hydrogens is 296 g/mol. The van der Waals surface area contributed by atoms with Crippen molar-refractivity contribution >= 4 is 5.69 Å². The second-order valence-corrected chi connectivity index (χ2v) is 6.39. The molecule has 0 N–H and O–H groups in total. The van der Waals surface area contributed by atoms with Gasteiger partial charge in [0.25, 0.3) is 0 Å². The number of aryl methyl sites for hydroxylation is 1. The van der Waals surface area contributed by atoms with Gasteiger partial charge in [-0.05, 0) is 37.5 Å². The van der Waals surface area contributed by atoms with Crippen LogP contribution in [0.3, 0.4) is 0 Å². The van der Waals surface area contributed by atoms with Crippen LogP contribution in [0.25, 0.3) is 0 Å². The first-order chi connectivity index (χ1) is 11.6. The Morgan fingerprint density at radius 2 is 2.04 bits per heavy atom. The molecule has 0 bridgehead atoms. The van der Waals surface area contributed by atoms with Gasteiger partial charge in [0, 0.05) is 38.1 Å². The Kier molecular flexibility index (Phi) is 6.45. The summed E-state index contributed by atoms with van der Waals surface area (Å²) in [5, 5.41) is 13.7. The van der Waals surface area contributed by atoms with Crippen molar-refractivity contribution in [3.8, 4) is 6.07 Å². The lowest BCUT2D eigenvalue weighted by Gasteiger charge is -2.39. The standard InChI is InChI=1S/C20H28N4/c1-5-11-23(20-14-19(15-21)10-9-17(20)2)16-18(3)22(4)24-12-7-6-8-13-24/h5,9-10,14H,1,3,6-8,11-13,16H2,2,4H3. The molecule has 0 radical (unpaired) electrons. The minimum absolute atomic E-state index is 0.680. The van der Waals surface area contributed by atoms with Crippen LogP contribution in [0, 0.1) is 18.3 Å². The van der Waals surface area contributed by atoms with Crippen molar-refractivity contribution in [2.75, 3.05) is 38.1 Å². The Balaban J connectivity index is 2.14. The zero-order valence-electron chi connectivity index (χ0n) is 15.0. The van der Waals surface area contributed by atoms with Gasteiger partial charge >= 0.3 is 0 Å². The number of nitriles is 1. The quantitative estimate of drug-likeness (QED) is 0.716. The number of hydrogen-bond donors (Lipinski definition) is 0. The third kappa shape index (κ3) is 4.39. The zero-order valence-corrected chi connectivity index (χ0v) is 15.0. The molecule has 2 rings (SSSR count). The van der Waals surface area contributed by atoms with E-state index in [9.17, 15) is 5.26 Å². The van der Waals surface area contributed by atoms with E-state index in [1.54, 1.807) is 0 Å². The van der Waals surface area contributed by atoms with Crippen molar-refractivity contribution in [1.29, 1.82) is 5.26 Å². The monoisotopic (exact) mass is 324 g/mol. The number of hydrazine groups is 1. The Morgan fingerprint density at radius 1 is 1.33 bits per heavy atom. The van der Waals surface area contributed by atoms with Crippen LogP contribution < -0.4 is 4.90 Å². The van der Waals surface area contributed by atoms with E-state index in [1.807, 2.05) is 24.3 Å². The fraction of sp³-hybridized carbons (Fsp3) is 0.450. The molecule has 1 aromatic carbocycles. The molecule has 128 valence electrons. The highest BCUT2D eigenvalue weighted by molar-refractivity contribution is 5.58. The Bertz CT molecular complexity index is 623. The SMILES string of the molecule is C=CCN(CC(=C)N(C)N1CCCCC1)c1cc(C#N)ccc1C. The number of likely N-dealkylation sites (N-methyl/N-ethyl adjacent to an activating group) is 1. The third-order valence-electron chi connectivity index (χ3n) is 4.62. The molecule has 1 heterocycles. The summed E-state index contributed by atoms with van der Waals surface area (Å²) < 4.78 is 0. The maximum absolute atomic E-state index is 9.18. The van der Waals surface area contributed by atoms with Crippen LogP contribution in [0.2, 0.25) is 0 Å². The average molecular weight is 324 g/mol. The van der Waals surface area contributed by atoms with Gasteiger partial charge < -0.3 is 9.91 Å². The first kappa shape index (κ1) is 18.1. The van der Waals surface area contributed by atoms with Crippen molar-refractivity contribution in [2.24, 2.45) is 0 Å². The lowest BCUT2D eigenvalue weighted by molar-refractivity contribution is 0.0142. The van der Waals surface area contributed by atoms with Crippen LogP contribution in [-0.2, 0) is 0 Å². The Labute approximate surface area is 146 Å². The molecule has 4 heteroatoms. The summed E-state index contributed by atoms with van der Waals surface area (Å²) in [5.74, 6) is 0. The summed E-state index contributed by atoms with van der Waals surface area (Å²) in [5.41, 5.74) is 3.96. The van der Waals surface area contributed by atoms with Crippen LogP contribution in [0.4, 0.5) is 5.69 Å². The van der Waals surface area contributed by atoms with E-state index >= 15 is 0 Å². The van der Waals surface area contributed by atoms with Gasteiger partial charge in [-0.2, -0.15) is 5.26 Å². The minimum atomic E-state index is 0.680. The van der Waals surface area contributed by atoms with Crippen LogP contribution in [0.15, 0.2) is 43.1 Å². The predicted octanol–water partition coefficient (Wildman–Crippen LogP) is 3.71. The molecule has 1 fully saturated rings. The van der Waals surface area contributed by atoms with E-state index in [0.29, 0.717) is 5.56 Å². The Hall–Kier alpha value is -2.25. The lowest BCUT2D eigenvalue weighted by atomic mass is 10.1. The minimum Gasteiger partial charge on any atom is -0.362 e. The molecule has 1 saturated heterocycles. The summed E-state index contributed by atoms with van der Waals surface area (Å²) in [6.07, 6.45) is 5.71. The summed E-state index contributed by atoms with van der Waals surface area (Å²) in [6, 6.07) is 8.04. The smallest absolute Gasteiger partial charge is 0.0992 e. The summed E-state index contributed by atoms with van der Waals surface area (Å²) >= 11 is 0. The van der Waals surface area contributed by atoms with Gasteiger partial charge in [-0.25, -0.2) is 5.01 Å². The summed E-state index contributed by atoms with van der Waals surface area (Å²) in [4.78, 5) is 2.23. The molecule has 0 aliphatic carbocycles. The highest BCUT2D eigenvalue weighted by Gasteiger charge is 2.18.